The first kappa shape index (κ1) is 12.0. The Morgan fingerprint density at radius 3 is 2.76 bits per heavy atom. The van der Waals surface area contributed by atoms with Crippen molar-refractivity contribution in [2.75, 3.05) is 6.61 Å². The van der Waals surface area contributed by atoms with Crippen LogP contribution < -0.4 is 0 Å². The van der Waals surface area contributed by atoms with E-state index in [2.05, 4.69) is 4.98 Å². The third-order valence-electron chi connectivity index (χ3n) is 2.32. The Kier molecular flexibility index (Phi) is 4.01. The van der Waals surface area contributed by atoms with Crippen LogP contribution in [0.5, 0.6) is 0 Å². The number of hydrogen-bond acceptors (Lipinski definition) is 4. The number of carbonyl (C=O) groups is 1. The van der Waals surface area contributed by atoms with Gasteiger partial charge in [0, 0.05) is 12.0 Å². The molecule has 1 atom stereocenters. The highest BCUT2D eigenvalue weighted by molar-refractivity contribution is 7.09. The lowest BCUT2D eigenvalue weighted by Gasteiger charge is -2.14. The van der Waals surface area contributed by atoms with Crippen LogP contribution in [0, 0.1) is 0 Å². The van der Waals surface area contributed by atoms with Crippen LogP contribution in [-0.4, -0.2) is 17.9 Å². The third-order valence-corrected chi connectivity index (χ3v) is 3.23. The Hall–Kier alpha value is -1.52. The van der Waals surface area contributed by atoms with Gasteiger partial charge in [-0.2, -0.15) is 0 Å². The number of aldehydes is 1. The molecule has 0 amide bonds. The number of aromatic nitrogens is 1. The van der Waals surface area contributed by atoms with Crippen LogP contribution in [0.3, 0.4) is 0 Å². The number of rotatable bonds is 5. The van der Waals surface area contributed by atoms with E-state index >= 15 is 0 Å². The van der Waals surface area contributed by atoms with Gasteiger partial charge in [-0.1, -0.05) is 30.3 Å². The quantitative estimate of drug-likeness (QED) is 0.762. The van der Waals surface area contributed by atoms with E-state index in [9.17, 15) is 4.79 Å². The summed E-state index contributed by atoms with van der Waals surface area (Å²) < 4.78 is 5.70. The number of ether oxygens (including phenoxy) is 1. The molecule has 3 nitrogen and oxygen atoms in total. The summed E-state index contributed by atoms with van der Waals surface area (Å²) in [5.74, 6) is 0. The van der Waals surface area contributed by atoms with Crippen LogP contribution in [0.2, 0.25) is 0 Å². The first-order valence-corrected chi connectivity index (χ1v) is 6.30. The van der Waals surface area contributed by atoms with Crippen LogP contribution in [-0.2, 0) is 4.74 Å². The highest BCUT2D eigenvalue weighted by Gasteiger charge is 2.17. The zero-order valence-electron chi connectivity index (χ0n) is 9.50. The minimum atomic E-state index is -0.181. The lowest BCUT2D eigenvalue weighted by atomic mass is 10.1. The van der Waals surface area contributed by atoms with Crippen molar-refractivity contribution in [3.8, 4) is 0 Å². The van der Waals surface area contributed by atoms with Crippen molar-refractivity contribution < 1.29 is 9.53 Å². The maximum Gasteiger partial charge on any atom is 0.169 e. The summed E-state index contributed by atoms with van der Waals surface area (Å²) in [5.41, 5.74) is 1.52. The van der Waals surface area contributed by atoms with Gasteiger partial charge in [-0.05, 0) is 12.5 Å². The van der Waals surface area contributed by atoms with Gasteiger partial charge in [0.25, 0.3) is 0 Å². The molecule has 0 spiro atoms. The van der Waals surface area contributed by atoms with E-state index in [0.717, 1.165) is 16.9 Å². The number of thiazole rings is 1. The van der Waals surface area contributed by atoms with Gasteiger partial charge in [-0.25, -0.2) is 4.98 Å². The molecule has 4 heteroatoms. The maximum absolute atomic E-state index is 10.6. The van der Waals surface area contributed by atoms with Crippen molar-refractivity contribution >= 4 is 17.6 Å². The molecule has 0 saturated carbocycles. The summed E-state index contributed by atoms with van der Waals surface area (Å²) in [7, 11) is 0. The SMILES string of the molecule is CCOC(c1ccccc1)c1nc(C=O)cs1. The summed E-state index contributed by atoms with van der Waals surface area (Å²) in [5, 5.41) is 2.57. The molecule has 0 radical (unpaired) electrons. The van der Waals surface area contributed by atoms with E-state index < -0.39 is 0 Å². The van der Waals surface area contributed by atoms with Gasteiger partial charge >= 0.3 is 0 Å². The molecule has 0 N–H and O–H groups in total. The molecule has 17 heavy (non-hydrogen) atoms. The van der Waals surface area contributed by atoms with Crippen molar-refractivity contribution in [2.24, 2.45) is 0 Å². The van der Waals surface area contributed by atoms with Crippen LogP contribution >= 0.6 is 11.3 Å². The molecular weight excluding hydrogens is 234 g/mol. The fourth-order valence-electron chi connectivity index (χ4n) is 1.58. The molecule has 1 aromatic carbocycles. The molecule has 1 heterocycles. The highest BCUT2D eigenvalue weighted by atomic mass is 32.1. The Morgan fingerprint density at radius 1 is 1.41 bits per heavy atom. The Morgan fingerprint density at radius 2 is 2.18 bits per heavy atom. The van der Waals surface area contributed by atoms with Crippen LogP contribution in [0.4, 0.5) is 0 Å². The number of benzene rings is 1. The minimum absolute atomic E-state index is 0.181. The molecule has 0 aliphatic carbocycles. The zero-order valence-corrected chi connectivity index (χ0v) is 10.3. The van der Waals surface area contributed by atoms with Gasteiger partial charge in [0.1, 0.15) is 16.8 Å². The van der Waals surface area contributed by atoms with E-state index in [-0.39, 0.29) is 6.10 Å². The molecule has 0 aliphatic heterocycles. The largest absolute Gasteiger partial charge is 0.367 e. The van der Waals surface area contributed by atoms with E-state index in [1.807, 2.05) is 37.3 Å². The van der Waals surface area contributed by atoms with Crippen molar-refractivity contribution in [1.29, 1.82) is 0 Å². The average Bonchev–Trinajstić information content (AvgIpc) is 2.85. The van der Waals surface area contributed by atoms with Gasteiger partial charge in [0.2, 0.25) is 0 Å². The summed E-state index contributed by atoms with van der Waals surface area (Å²) in [6.07, 6.45) is 0.577. The smallest absolute Gasteiger partial charge is 0.169 e. The fraction of sp³-hybridized carbons (Fsp3) is 0.231. The third kappa shape index (κ3) is 2.78. The lowest BCUT2D eigenvalue weighted by molar-refractivity contribution is 0.0909. The molecule has 0 fully saturated rings. The molecule has 1 unspecified atom stereocenters. The van der Waals surface area contributed by atoms with Gasteiger partial charge in [0.05, 0.1) is 0 Å². The van der Waals surface area contributed by atoms with E-state index in [1.165, 1.54) is 11.3 Å². The van der Waals surface area contributed by atoms with Crippen LogP contribution in [0.15, 0.2) is 35.7 Å². The van der Waals surface area contributed by atoms with E-state index in [4.69, 9.17) is 4.74 Å². The number of nitrogens with zero attached hydrogens (tertiary/aromatic N) is 1. The number of carbonyl (C=O) groups excluding carboxylic acids is 1. The monoisotopic (exact) mass is 247 g/mol. The summed E-state index contributed by atoms with van der Waals surface area (Å²) in [4.78, 5) is 14.9. The summed E-state index contributed by atoms with van der Waals surface area (Å²) in [6, 6.07) is 9.90. The van der Waals surface area contributed by atoms with Crippen molar-refractivity contribution in [3.63, 3.8) is 0 Å². The van der Waals surface area contributed by atoms with E-state index in [0.29, 0.717) is 12.3 Å². The molecule has 0 aliphatic rings. The highest BCUT2D eigenvalue weighted by Crippen LogP contribution is 2.28. The minimum Gasteiger partial charge on any atom is -0.367 e. The first-order valence-electron chi connectivity index (χ1n) is 5.42. The van der Waals surface area contributed by atoms with Gasteiger partial charge < -0.3 is 4.74 Å². The lowest BCUT2D eigenvalue weighted by Crippen LogP contribution is -2.05. The molecule has 2 rings (SSSR count). The molecule has 0 saturated heterocycles. The number of hydrogen-bond donors (Lipinski definition) is 0. The van der Waals surface area contributed by atoms with Crippen LogP contribution in [0.25, 0.3) is 0 Å². The molecule has 88 valence electrons. The second-order valence-corrected chi connectivity index (χ2v) is 4.36. The average molecular weight is 247 g/mol. The van der Waals surface area contributed by atoms with Crippen molar-refractivity contribution in [2.45, 2.75) is 13.0 Å². The maximum atomic E-state index is 10.6. The fourth-order valence-corrected chi connectivity index (χ4v) is 2.42. The Bertz CT molecular complexity index is 481. The summed E-state index contributed by atoms with van der Waals surface area (Å²) in [6.45, 7) is 2.56. The topological polar surface area (TPSA) is 39.2 Å². The molecule has 1 aromatic heterocycles. The standard InChI is InChI=1S/C13H13NO2S/c1-2-16-12(10-6-4-3-5-7-10)13-14-11(8-15)9-17-13/h3-9,12H,2H2,1H3. The van der Waals surface area contributed by atoms with Crippen molar-refractivity contribution in [1.82, 2.24) is 4.98 Å². The van der Waals surface area contributed by atoms with Crippen molar-refractivity contribution in [3.05, 3.63) is 52.0 Å². The normalized spacial score (nSPS) is 12.3. The second-order valence-electron chi connectivity index (χ2n) is 3.47. The predicted molar refractivity (Wildman–Crippen MR) is 67.4 cm³/mol. The van der Waals surface area contributed by atoms with Crippen LogP contribution in [0.1, 0.15) is 34.1 Å². The second kappa shape index (κ2) is 5.70. The van der Waals surface area contributed by atoms with E-state index in [1.54, 1.807) is 5.38 Å². The van der Waals surface area contributed by atoms with Gasteiger partial charge in [-0.3, -0.25) is 4.79 Å². The Labute approximate surface area is 104 Å². The van der Waals surface area contributed by atoms with Gasteiger partial charge in [0.15, 0.2) is 6.29 Å². The predicted octanol–water partition coefficient (Wildman–Crippen LogP) is 3.08. The summed E-state index contributed by atoms with van der Waals surface area (Å²) >= 11 is 1.45. The first-order chi connectivity index (χ1) is 8.35. The molecule has 0 bridgehead atoms. The molecular formula is C13H13NO2S. The molecule has 2 aromatic rings. The zero-order chi connectivity index (χ0) is 12.1. The van der Waals surface area contributed by atoms with Gasteiger partial charge in [-0.15, -0.1) is 11.3 Å². The Balaban J connectivity index is 2.31.